The van der Waals surface area contributed by atoms with Gasteiger partial charge in [-0.2, -0.15) is 0 Å². The summed E-state index contributed by atoms with van der Waals surface area (Å²) in [6.07, 6.45) is 1.57. The number of hydrogen-bond donors (Lipinski definition) is 2. The first kappa shape index (κ1) is 17.3. The summed E-state index contributed by atoms with van der Waals surface area (Å²) in [6.45, 7) is 0. The molecule has 24 heavy (non-hydrogen) atoms. The van der Waals surface area contributed by atoms with Gasteiger partial charge in [-0.3, -0.25) is 4.99 Å². The van der Waals surface area contributed by atoms with Gasteiger partial charge in [0.15, 0.2) is 17.5 Å². The van der Waals surface area contributed by atoms with Crippen molar-refractivity contribution in [2.24, 2.45) is 4.99 Å². The minimum absolute atomic E-state index is 0.259. The van der Waals surface area contributed by atoms with Crippen LogP contribution in [0.15, 0.2) is 47.5 Å². The van der Waals surface area contributed by atoms with E-state index in [1.807, 2.05) is 43.3 Å². The van der Waals surface area contributed by atoms with Crippen molar-refractivity contribution in [1.82, 2.24) is 0 Å². The number of rotatable bonds is 5. The first-order valence-corrected chi connectivity index (χ1v) is 7.32. The number of methoxy groups -OCH3 is 1. The van der Waals surface area contributed by atoms with Crippen LogP contribution in [0.2, 0.25) is 0 Å². The Labute approximate surface area is 140 Å². The number of aromatic hydroxyl groups is 2. The lowest BCUT2D eigenvalue weighted by molar-refractivity contribution is -0.142. The number of anilines is 1. The van der Waals surface area contributed by atoms with Crippen molar-refractivity contribution in [2.45, 2.75) is 6.04 Å². The second-order valence-corrected chi connectivity index (χ2v) is 5.44. The van der Waals surface area contributed by atoms with Crippen molar-refractivity contribution in [3.8, 4) is 11.5 Å². The Morgan fingerprint density at radius 1 is 1.12 bits per heavy atom. The Kier molecular flexibility index (Phi) is 5.42. The van der Waals surface area contributed by atoms with Gasteiger partial charge in [-0.25, -0.2) is 4.79 Å². The van der Waals surface area contributed by atoms with E-state index in [9.17, 15) is 15.0 Å². The van der Waals surface area contributed by atoms with Crippen molar-refractivity contribution in [3.05, 3.63) is 53.6 Å². The normalized spacial score (nSPS) is 12.1. The molecule has 0 saturated carbocycles. The number of phenolic OH excluding ortho intramolecular Hbond substituents is 2. The number of carbonyl (C=O) groups is 1. The first-order chi connectivity index (χ1) is 11.4. The zero-order valence-corrected chi connectivity index (χ0v) is 13.8. The summed E-state index contributed by atoms with van der Waals surface area (Å²) >= 11 is 0. The highest BCUT2D eigenvalue weighted by Gasteiger charge is 2.21. The van der Waals surface area contributed by atoms with Gasteiger partial charge in [0.25, 0.3) is 0 Å². The molecule has 2 aromatic carbocycles. The molecule has 0 aromatic heterocycles. The van der Waals surface area contributed by atoms with E-state index in [4.69, 9.17) is 4.74 Å². The molecule has 0 heterocycles. The summed E-state index contributed by atoms with van der Waals surface area (Å²) in [6, 6.07) is 10.9. The minimum Gasteiger partial charge on any atom is -0.504 e. The maximum atomic E-state index is 12.0. The summed E-state index contributed by atoms with van der Waals surface area (Å²) in [5.74, 6) is -1.13. The maximum Gasteiger partial charge on any atom is 0.335 e. The highest BCUT2D eigenvalue weighted by atomic mass is 16.5. The predicted molar refractivity (Wildman–Crippen MR) is 92.9 cm³/mol. The molecule has 0 aliphatic carbocycles. The average molecular weight is 328 g/mol. The molecule has 0 amide bonds. The van der Waals surface area contributed by atoms with Crippen LogP contribution in [-0.4, -0.2) is 43.6 Å². The number of carbonyl (C=O) groups excluding carboxylic acids is 1. The van der Waals surface area contributed by atoms with Crippen LogP contribution in [0.5, 0.6) is 11.5 Å². The lowest BCUT2D eigenvalue weighted by Crippen LogP contribution is -2.12. The summed E-state index contributed by atoms with van der Waals surface area (Å²) in [5.41, 5.74) is 2.32. The van der Waals surface area contributed by atoms with Crippen LogP contribution in [0, 0.1) is 0 Å². The molecule has 2 aromatic rings. The van der Waals surface area contributed by atoms with E-state index >= 15 is 0 Å². The Morgan fingerprint density at radius 3 is 2.33 bits per heavy atom. The molecular weight excluding hydrogens is 308 g/mol. The zero-order valence-electron chi connectivity index (χ0n) is 13.8. The van der Waals surface area contributed by atoms with Crippen LogP contribution in [0.25, 0.3) is 0 Å². The first-order valence-electron chi connectivity index (χ1n) is 7.32. The molecule has 0 aliphatic rings. The summed E-state index contributed by atoms with van der Waals surface area (Å²) in [7, 11) is 5.18. The smallest absolute Gasteiger partial charge is 0.335 e. The largest absolute Gasteiger partial charge is 0.504 e. The summed E-state index contributed by atoms with van der Waals surface area (Å²) in [4.78, 5) is 18.2. The number of benzene rings is 2. The van der Waals surface area contributed by atoms with Gasteiger partial charge in [0, 0.05) is 26.0 Å². The molecule has 2 N–H and O–H groups in total. The molecule has 0 aliphatic heterocycles. The Bertz CT molecular complexity index is 739. The van der Waals surface area contributed by atoms with E-state index in [1.165, 1.54) is 25.3 Å². The minimum atomic E-state index is -0.921. The second kappa shape index (κ2) is 7.50. The van der Waals surface area contributed by atoms with Crippen molar-refractivity contribution < 1.29 is 19.7 Å². The van der Waals surface area contributed by atoms with E-state index in [0.717, 1.165) is 11.3 Å². The van der Waals surface area contributed by atoms with E-state index in [-0.39, 0.29) is 11.5 Å². The fourth-order valence-electron chi connectivity index (χ4n) is 2.12. The van der Waals surface area contributed by atoms with Crippen LogP contribution in [0.3, 0.4) is 0 Å². The topological polar surface area (TPSA) is 82.4 Å². The molecule has 0 spiro atoms. The van der Waals surface area contributed by atoms with Gasteiger partial charge in [0.05, 0.1) is 7.11 Å². The van der Waals surface area contributed by atoms with E-state index in [0.29, 0.717) is 5.56 Å². The third kappa shape index (κ3) is 4.04. The highest BCUT2D eigenvalue weighted by Crippen LogP contribution is 2.29. The molecule has 0 fully saturated rings. The molecule has 0 bridgehead atoms. The fourth-order valence-corrected chi connectivity index (χ4v) is 2.12. The lowest BCUT2D eigenvalue weighted by atomic mass is 10.1. The van der Waals surface area contributed by atoms with Gasteiger partial charge in [0.2, 0.25) is 0 Å². The molecule has 126 valence electrons. The van der Waals surface area contributed by atoms with Gasteiger partial charge >= 0.3 is 5.97 Å². The third-order valence-electron chi connectivity index (χ3n) is 3.52. The monoisotopic (exact) mass is 328 g/mol. The number of ether oxygens (including phenoxy) is 1. The van der Waals surface area contributed by atoms with Crippen molar-refractivity contribution >= 4 is 17.9 Å². The third-order valence-corrected chi connectivity index (χ3v) is 3.52. The zero-order chi connectivity index (χ0) is 17.7. The maximum absolute atomic E-state index is 12.0. The van der Waals surface area contributed by atoms with Crippen LogP contribution in [-0.2, 0) is 9.53 Å². The van der Waals surface area contributed by atoms with Gasteiger partial charge in [-0.15, -0.1) is 0 Å². The predicted octanol–water partition coefficient (Wildman–Crippen LogP) is 2.50. The van der Waals surface area contributed by atoms with Crippen LogP contribution in [0.4, 0.5) is 5.69 Å². The summed E-state index contributed by atoms with van der Waals surface area (Å²) < 4.78 is 4.77. The van der Waals surface area contributed by atoms with Gasteiger partial charge in [-0.05, 0) is 35.4 Å². The molecule has 6 nitrogen and oxygen atoms in total. The Morgan fingerprint density at radius 2 is 1.79 bits per heavy atom. The highest BCUT2D eigenvalue weighted by molar-refractivity contribution is 5.85. The Balaban J connectivity index is 2.28. The fraction of sp³-hybridized carbons (Fsp3) is 0.222. The molecule has 2 rings (SSSR count). The number of phenols is 2. The summed E-state index contributed by atoms with van der Waals surface area (Å²) in [5, 5.41) is 19.0. The molecule has 6 heteroatoms. The van der Waals surface area contributed by atoms with Crippen LogP contribution < -0.4 is 4.90 Å². The van der Waals surface area contributed by atoms with Gasteiger partial charge < -0.3 is 19.8 Å². The average Bonchev–Trinajstić information content (AvgIpc) is 2.58. The van der Waals surface area contributed by atoms with E-state index in [1.54, 1.807) is 6.21 Å². The SMILES string of the molecule is COC(=O)C(N=Cc1ccc(N(C)C)cc1)c1ccc(O)c(O)c1. The molecule has 0 saturated heterocycles. The molecule has 1 atom stereocenters. The molecular formula is C18H20N2O4. The van der Waals surface area contributed by atoms with Crippen molar-refractivity contribution in [1.29, 1.82) is 0 Å². The number of nitrogens with zero attached hydrogens (tertiary/aromatic N) is 2. The van der Waals surface area contributed by atoms with Gasteiger partial charge in [0.1, 0.15) is 0 Å². The number of esters is 1. The number of hydrogen-bond acceptors (Lipinski definition) is 6. The number of aliphatic imine (C=N–C) groups is 1. The van der Waals surface area contributed by atoms with E-state index in [2.05, 4.69) is 4.99 Å². The molecule has 0 radical (unpaired) electrons. The quantitative estimate of drug-likeness (QED) is 0.501. The molecule has 1 unspecified atom stereocenters. The van der Waals surface area contributed by atoms with Crippen LogP contribution in [0.1, 0.15) is 17.2 Å². The lowest BCUT2D eigenvalue weighted by Gasteiger charge is -2.13. The Hall–Kier alpha value is -3.02. The van der Waals surface area contributed by atoms with Crippen LogP contribution >= 0.6 is 0 Å². The van der Waals surface area contributed by atoms with Crippen molar-refractivity contribution in [2.75, 3.05) is 26.1 Å². The second-order valence-electron chi connectivity index (χ2n) is 5.44. The van der Waals surface area contributed by atoms with E-state index < -0.39 is 12.0 Å². The standard InChI is InChI=1S/C18H20N2O4/c1-20(2)14-7-4-12(5-8-14)11-19-17(18(23)24-3)13-6-9-15(21)16(22)10-13/h4-11,17,21-22H,1-3H3. The van der Waals surface area contributed by atoms with Gasteiger partial charge in [-0.1, -0.05) is 18.2 Å². The van der Waals surface area contributed by atoms with Crippen molar-refractivity contribution in [3.63, 3.8) is 0 Å².